The van der Waals surface area contributed by atoms with Crippen LogP contribution in [-0.2, 0) is 9.63 Å². The van der Waals surface area contributed by atoms with Gasteiger partial charge in [-0.25, -0.2) is 18.6 Å². The maximum atomic E-state index is 13.6. The van der Waals surface area contributed by atoms with Crippen LogP contribution < -0.4 is 5.32 Å². The summed E-state index contributed by atoms with van der Waals surface area (Å²) in [5.74, 6) is -1.36. The number of rotatable bonds is 2. The van der Waals surface area contributed by atoms with Crippen molar-refractivity contribution >= 4 is 17.6 Å². The smallest absolute Gasteiger partial charge is 0.321 e. The molecule has 1 N–H and O–H groups in total. The Morgan fingerprint density at radius 3 is 2.67 bits per heavy atom. The summed E-state index contributed by atoms with van der Waals surface area (Å²) in [6, 6.07) is 2.40. The molecule has 2 heterocycles. The van der Waals surface area contributed by atoms with Gasteiger partial charge in [0, 0.05) is 25.7 Å². The molecule has 1 aromatic carbocycles. The largest absolute Gasteiger partial charge is 0.324 e. The second kappa shape index (κ2) is 6.35. The van der Waals surface area contributed by atoms with Crippen LogP contribution in [0.15, 0.2) is 18.2 Å². The maximum Gasteiger partial charge on any atom is 0.321 e. The standard InChI is InChI=1S/C16H19F2N3O3/c1-2-21-14(22)10-16(24-21)5-7-20(8-6-16)15(23)19-13-9-11(17)3-4-12(13)18/h3-4,9H,2,5-8,10H2,1H3,(H,19,23). The highest BCUT2D eigenvalue weighted by Gasteiger charge is 2.46. The van der Waals surface area contributed by atoms with E-state index < -0.39 is 23.3 Å². The van der Waals surface area contributed by atoms with Gasteiger partial charge in [0.2, 0.25) is 5.91 Å². The van der Waals surface area contributed by atoms with Crippen LogP contribution in [0.2, 0.25) is 0 Å². The van der Waals surface area contributed by atoms with E-state index in [0.29, 0.717) is 38.9 Å². The number of halogens is 2. The van der Waals surface area contributed by atoms with Gasteiger partial charge in [0.15, 0.2) is 0 Å². The maximum absolute atomic E-state index is 13.6. The minimum atomic E-state index is -0.693. The first-order chi connectivity index (χ1) is 11.4. The highest BCUT2D eigenvalue weighted by molar-refractivity contribution is 5.89. The highest BCUT2D eigenvalue weighted by Crippen LogP contribution is 2.36. The second-order valence-electron chi connectivity index (χ2n) is 6.08. The van der Waals surface area contributed by atoms with Gasteiger partial charge in [-0.3, -0.25) is 9.63 Å². The molecule has 6 nitrogen and oxygen atoms in total. The van der Waals surface area contributed by atoms with Crippen molar-refractivity contribution in [2.24, 2.45) is 0 Å². The molecule has 130 valence electrons. The molecule has 0 atom stereocenters. The number of hydrogen-bond acceptors (Lipinski definition) is 3. The molecule has 3 amide bonds. The fourth-order valence-electron chi connectivity index (χ4n) is 3.09. The number of benzene rings is 1. The van der Waals surface area contributed by atoms with Gasteiger partial charge in [0.05, 0.1) is 12.1 Å². The van der Waals surface area contributed by atoms with E-state index in [2.05, 4.69) is 5.32 Å². The molecular weight excluding hydrogens is 320 g/mol. The molecule has 1 aromatic rings. The van der Waals surface area contributed by atoms with Crippen LogP contribution in [-0.4, -0.2) is 47.1 Å². The molecule has 3 rings (SSSR count). The molecule has 0 unspecified atom stereocenters. The van der Waals surface area contributed by atoms with Gasteiger partial charge < -0.3 is 10.2 Å². The zero-order valence-corrected chi connectivity index (χ0v) is 13.3. The van der Waals surface area contributed by atoms with Gasteiger partial charge >= 0.3 is 6.03 Å². The topological polar surface area (TPSA) is 61.9 Å². The fraction of sp³-hybridized carbons (Fsp3) is 0.500. The summed E-state index contributed by atoms with van der Waals surface area (Å²) in [6.07, 6.45) is 1.36. The fourth-order valence-corrected chi connectivity index (χ4v) is 3.09. The number of amides is 3. The summed E-state index contributed by atoms with van der Waals surface area (Å²) in [4.78, 5) is 31.3. The van der Waals surface area contributed by atoms with Gasteiger partial charge in [0.25, 0.3) is 0 Å². The van der Waals surface area contributed by atoms with Crippen molar-refractivity contribution in [3.05, 3.63) is 29.8 Å². The molecule has 0 saturated carbocycles. The predicted molar refractivity (Wildman–Crippen MR) is 82.0 cm³/mol. The van der Waals surface area contributed by atoms with Crippen LogP contribution in [0.4, 0.5) is 19.3 Å². The number of nitrogens with zero attached hydrogens (tertiary/aromatic N) is 2. The summed E-state index contributed by atoms with van der Waals surface area (Å²) in [5, 5.41) is 3.74. The SMILES string of the molecule is CCN1OC2(CCN(C(=O)Nc3cc(F)ccc3F)CC2)CC1=O. The Morgan fingerprint density at radius 1 is 1.33 bits per heavy atom. The van der Waals surface area contributed by atoms with E-state index in [1.807, 2.05) is 6.92 Å². The third-order valence-corrected chi connectivity index (χ3v) is 4.47. The van der Waals surface area contributed by atoms with Crippen LogP contribution in [0.1, 0.15) is 26.2 Å². The van der Waals surface area contributed by atoms with Crippen molar-refractivity contribution in [2.75, 3.05) is 25.0 Å². The van der Waals surface area contributed by atoms with Crippen LogP contribution in [0.3, 0.4) is 0 Å². The van der Waals surface area contributed by atoms with E-state index in [-0.39, 0.29) is 11.6 Å². The second-order valence-corrected chi connectivity index (χ2v) is 6.08. The summed E-state index contributed by atoms with van der Waals surface area (Å²) < 4.78 is 26.8. The first-order valence-electron chi connectivity index (χ1n) is 7.93. The van der Waals surface area contributed by atoms with Crippen molar-refractivity contribution in [1.29, 1.82) is 0 Å². The van der Waals surface area contributed by atoms with Crippen molar-refractivity contribution < 1.29 is 23.2 Å². The molecule has 2 saturated heterocycles. The molecule has 2 fully saturated rings. The summed E-state index contributed by atoms with van der Waals surface area (Å²) in [5.41, 5.74) is -0.738. The Bertz CT molecular complexity index is 660. The number of anilines is 1. The number of likely N-dealkylation sites (tertiary alicyclic amines) is 1. The van der Waals surface area contributed by atoms with Crippen molar-refractivity contribution in [3.8, 4) is 0 Å². The summed E-state index contributed by atoms with van der Waals surface area (Å²) in [7, 11) is 0. The minimum Gasteiger partial charge on any atom is -0.324 e. The molecule has 0 aliphatic carbocycles. The molecule has 24 heavy (non-hydrogen) atoms. The van der Waals surface area contributed by atoms with Crippen molar-refractivity contribution in [1.82, 2.24) is 9.96 Å². The average Bonchev–Trinajstić information content (AvgIpc) is 2.87. The lowest BCUT2D eigenvalue weighted by Gasteiger charge is -2.37. The highest BCUT2D eigenvalue weighted by atomic mass is 19.1. The number of carbonyl (C=O) groups excluding carboxylic acids is 2. The molecule has 2 aliphatic heterocycles. The lowest BCUT2D eigenvalue weighted by atomic mass is 9.89. The molecular formula is C16H19F2N3O3. The Labute approximate surface area is 138 Å². The number of hydrogen-bond donors (Lipinski definition) is 1. The van der Waals surface area contributed by atoms with Gasteiger partial charge in [0.1, 0.15) is 17.2 Å². The van der Waals surface area contributed by atoms with E-state index in [1.54, 1.807) is 0 Å². The lowest BCUT2D eigenvalue weighted by Crippen LogP contribution is -2.48. The van der Waals surface area contributed by atoms with Crippen LogP contribution in [0.25, 0.3) is 0 Å². The molecule has 2 aliphatic rings. The Kier molecular flexibility index (Phi) is 4.40. The van der Waals surface area contributed by atoms with Gasteiger partial charge in [-0.15, -0.1) is 0 Å². The number of nitrogens with one attached hydrogen (secondary N) is 1. The van der Waals surface area contributed by atoms with Crippen molar-refractivity contribution in [3.63, 3.8) is 0 Å². The normalized spacial score (nSPS) is 19.9. The van der Waals surface area contributed by atoms with Crippen LogP contribution in [0.5, 0.6) is 0 Å². The number of hydroxylamine groups is 2. The Hall–Kier alpha value is -2.22. The zero-order chi connectivity index (χ0) is 17.3. The molecule has 1 spiro atoms. The van der Waals surface area contributed by atoms with Crippen LogP contribution in [0, 0.1) is 11.6 Å². The van der Waals surface area contributed by atoms with Gasteiger partial charge in [-0.2, -0.15) is 0 Å². The average molecular weight is 339 g/mol. The van der Waals surface area contributed by atoms with E-state index in [0.717, 1.165) is 18.2 Å². The number of carbonyl (C=O) groups is 2. The molecule has 0 radical (unpaired) electrons. The summed E-state index contributed by atoms with van der Waals surface area (Å²) >= 11 is 0. The monoisotopic (exact) mass is 339 g/mol. The van der Waals surface area contributed by atoms with Gasteiger partial charge in [-0.05, 0) is 31.9 Å². The van der Waals surface area contributed by atoms with E-state index in [1.165, 1.54) is 9.96 Å². The van der Waals surface area contributed by atoms with Crippen molar-refractivity contribution in [2.45, 2.75) is 31.8 Å². The van der Waals surface area contributed by atoms with Crippen LogP contribution >= 0.6 is 0 Å². The number of urea groups is 1. The molecule has 0 bridgehead atoms. The molecule has 8 heteroatoms. The third kappa shape index (κ3) is 3.19. The first kappa shape index (κ1) is 16.6. The summed E-state index contributed by atoms with van der Waals surface area (Å²) in [6.45, 7) is 3.10. The predicted octanol–water partition coefficient (Wildman–Crippen LogP) is 2.52. The van der Waals surface area contributed by atoms with Gasteiger partial charge in [-0.1, -0.05) is 0 Å². The number of piperidine rings is 1. The van der Waals surface area contributed by atoms with E-state index >= 15 is 0 Å². The minimum absolute atomic E-state index is 0.0442. The molecule has 0 aromatic heterocycles. The van der Waals surface area contributed by atoms with E-state index in [9.17, 15) is 18.4 Å². The third-order valence-electron chi connectivity index (χ3n) is 4.47. The zero-order valence-electron chi connectivity index (χ0n) is 13.3. The quantitative estimate of drug-likeness (QED) is 0.901. The lowest BCUT2D eigenvalue weighted by molar-refractivity contribution is -0.206. The Morgan fingerprint density at radius 2 is 2.04 bits per heavy atom. The first-order valence-corrected chi connectivity index (χ1v) is 7.93. The van der Waals surface area contributed by atoms with E-state index in [4.69, 9.17) is 4.84 Å². The Balaban J connectivity index is 1.60.